The van der Waals surface area contributed by atoms with E-state index in [9.17, 15) is 17.6 Å². The molecule has 0 aliphatic carbocycles. The quantitative estimate of drug-likeness (QED) is 0.538. The second-order valence-electron chi connectivity index (χ2n) is 10.2. The van der Waals surface area contributed by atoms with E-state index < -0.39 is 21.7 Å². The predicted molar refractivity (Wildman–Crippen MR) is 134 cm³/mol. The van der Waals surface area contributed by atoms with E-state index >= 15 is 0 Å². The molecule has 3 aromatic rings. The Bertz CT molecular complexity index is 1400. The molecule has 36 heavy (non-hydrogen) atoms. The number of halogens is 1. The predicted octanol–water partition coefficient (Wildman–Crippen LogP) is 2.98. The number of aromatic nitrogens is 3. The summed E-state index contributed by atoms with van der Waals surface area (Å²) in [6.45, 7) is 4.91. The summed E-state index contributed by atoms with van der Waals surface area (Å²) in [6, 6.07) is 8.98. The lowest BCUT2D eigenvalue weighted by Crippen LogP contribution is -2.63. The van der Waals surface area contributed by atoms with Crippen molar-refractivity contribution in [2.75, 3.05) is 31.6 Å². The van der Waals surface area contributed by atoms with Crippen molar-refractivity contribution in [3.63, 3.8) is 0 Å². The third-order valence-electron chi connectivity index (χ3n) is 6.74. The molecule has 5 rings (SSSR count). The topological polar surface area (TPSA) is 106 Å². The van der Waals surface area contributed by atoms with Gasteiger partial charge in [0.2, 0.25) is 6.36 Å². The van der Waals surface area contributed by atoms with E-state index in [2.05, 4.69) is 22.2 Å². The lowest BCUT2D eigenvalue weighted by atomic mass is 10.0. The molecule has 1 amide bonds. The first-order valence-electron chi connectivity index (χ1n) is 12.0. The number of hydrogen-bond acceptors (Lipinski definition) is 7. The van der Waals surface area contributed by atoms with Crippen LogP contribution in [0.4, 0.5) is 4.39 Å². The van der Waals surface area contributed by atoms with Gasteiger partial charge in [0.25, 0.3) is 5.91 Å². The van der Waals surface area contributed by atoms with Gasteiger partial charge >= 0.3 is 0 Å². The molecular weight excluding hydrogens is 485 g/mol. The van der Waals surface area contributed by atoms with Gasteiger partial charge in [0, 0.05) is 18.7 Å². The SMILES string of the molecule is CC(F)Oc1cccc(-c2nn(C3CCN(C)CC3)c3cc(C(=O)NC4(C)CS(=O)(=O)C4)cnc23)c1. The Labute approximate surface area is 209 Å². The minimum atomic E-state index is -3.10. The van der Waals surface area contributed by atoms with Gasteiger partial charge in [-0.05, 0) is 58.1 Å². The molecule has 9 nitrogen and oxygen atoms in total. The van der Waals surface area contributed by atoms with Crippen molar-refractivity contribution in [3.05, 3.63) is 42.1 Å². The van der Waals surface area contributed by atoms with Crippen molar-refractivity contribution in [1.29, 1.82) is 0 Å². The first-order valence-corrected chi connectivity index (χ1v) is 13.8. The Balaban J connectivity index is 1.54. The number of fused-ring (bicyclic) bond motifs is 1. The van der Waals surface area contributed by atoms with Crippen LogP contribution in [0, 0.1) is 0 Å². The van der Waals surface area contributed by atoms with E-state index in [-0.39, 0.29) is 23.5 Å². The van der Waals surface area contributed by atoms with Gasteiger partial charge in [0.05, 0.1) is 34.2 Å². The number of sulfone groups is 1. The van der Waals surface area contributed by atoms with Crippen LogP contribution in [-0.2, 0) is 9.84 Å². The van der Waals surface area contributed by atoms with Crippen molar-refractivity contribution in [2.45, 2.75) is 44.6 Å². The number of amides is 1. The first kappa shape index (κ1) is 24.6. The normalized spacial score (nSPS) is 20.6. The Morgan fingerprint density at radius 2 is 1.97 bits per heavy atom. The summed E-state index contributed by atoms with van der Waals surface area (Å²) in [6.07, 6.45) is 1.85. The number of carbonyl (C=O) groups is 1. The summed E-state index contributed by atoms with van der Waals surface area (Å²) in [5, 5.41) is 7.78. The Morgan fingerprint density at radius 3 is 2.64 bits per heavy atom. The molecule has 2 aromatic heterocycles. The lowest BCUT2D eigenvalue weighted by molar-refractivity contribution is 0.0860. The zero-order valence-electron chi connectivity index (χ0n) is 20.6. The maximum Gasteiger partial charge on any atom is 0.253 e. The van der Waals surface area contributed by atoms with Crippen molar-refractivity contribution in [3.8, 4) is 17.0 Å². The Hall–Kier alpha value is -3.05. The number of rotatable bonds is 6. The third kappa shape index (κ3) is 4.94. The fraction of sp³-hybridized carbons (Fsp3) is 0.480. The summed E-state index contributed by atoms with van der Waals surface area (Å²) in [7, 11) is -1.01. The van der Waals surface area contributed by atoms with Crippen LogP contribution in [0.25, 0.3) is 22.3 Å². The van der Waals surface area contributed by atoms with Crippen LogP contribution in [0.2, 0.25) is 0 Å². The fourth-order valence-electron chi connectivity index (χ4n) is 5.11. The molecule has 192 valence electrons. The molecule has 2 fully saturated rings. The number of alkyl halides is 1. The molecule has 1 unspecified atom stereocenters. The number of ether oxygens (including phenoxy) is 1. The van der Waals surface area contributed by atoms with Gasteiger partial charge in [0.1, 0.15) is 17.0 Å². The molecule has 0 radical (unpaired) electrons. The van der Waals surface area contributed by atoms with Crippen LogP contribution < -0.4 is 10.1 Å². The van der Waals surface area contributed by atoms with Gasteiger partial charge in [-0.3, -0.25) is 14.5 Å². The van der Waals surface area contributed by atoms with Gasteiger partial charge in [-0.1, -0.05) is 12.1 Å². The highest BCUT2D eigenvalue weighted by Crippen LogP contribution is 2.34. The van der Waals surface area contributed by atoms with Crippen molar-refractivity contribution in [1.82, 2.24) is 25.0 Å². The summed E-state index contributed by atoms with van der Waals surface area (Å²) >= 11 is 0. The average molecular weight is 516 g/mol. The highest BCUT2D eigenvalue weighted by molar-refractivity contribution is 7.93. The number of likely N-dealkylation sites (tertiary alicyclic amines) is 1. The molecule has 0 spiro atoms. The standard InChI is InChI=1S/C25H30FN5O4S/c1-16(26)35-20-6-4-5-17(11-20)22-23-21(31(29-22)19-7-9-30(3)10-8-19)12-18(13-27-23)24(32)28-25(2)14-36(33,34)15-25/h4-6,11-13,16,19H,7-10,14-15H2,1-3H3,(H,28,32). The van der Waals surface area contributed by atoms with Gasteiger partial charge in [-0.2, -0.15) is 5.10 Å². The van der Waals surface area contributed by atoms with Crippen LogP contribution in [0.1, 0.15) is 43.1 Å². The van der Waals surface area contributed by atoms with E-state index in [0.717, 1.165) is 37.0 Å². The van der Waals surface area contributed by atoms with Crippen LogP contribution in [-0.4, -0.2) is 77.5 Å². The smallest absolute Gasteiger partial charge is 0.253 e. The van der Waals surface area contributed by atoms with Crippen LogP contribution >= 0.6 is 0 Å². The highest BCUT2D eigenvalue weighted by atomic mass is 32.2. The monoisotopic (exact) mass is 515 g/mol. The van der Waals surface area contributed by atoms with Gasteiger partial charge in [0.15, 0.2) is 9.84 Å². The minimum Gasteiger partial charge on any atom is -0.461 e. The third-order valence-corrected chi connectivity index (χ3v) is 8.89. The average Bonchev–Trinajstić information content (AvgIpc) is 3.16. The maximum atomic E-state index is 13.4. The van der Waals surface area contributed by atoms with E-state index in [1.54, 1.807) is 31.2 Å². The Kier molecular flexibility index (Phi) is 6.24. The summed E-state index contributed by atoms with van der Waals surface area (Å²) in [5.74, 6) is -0.125. The number of hydrogen-bond donors (Lipinski definition) is 1. The summed E-state index contributed by atoms with van der Waals surface area (Å²) < 4.78 is 43.9. The highest BCUT2D eigenvalue weighted by Gasteiger charge is 2.45. The number of piperidine rings is 1. The molecule has 2 saturated heterocycles. The van der Waals surface area contributed by atoms with Crippen LogP contribution in [0.3, 0.4) is 0 Å². The van der Waals surface area contributed by atoms with E-state index in [4.69, 9.17) is 9.84 Å². The number of benzene rings is 1. The zero-order chi connectivity index (χ0) is 25.7. The van der Waals surface area contributed by atoms with Crippen molar-refractivity contribution in [2.24, 2.45) is 0 Å². The Morgan fingerprint density at radius 1 is 1.25 bits per heavy atom. The molecule has 1 N–H and O–H groups in total. The molecule has 4 heterocycles. The number of nitrogens with zero attached hydrogens (tertiary/aromatic N) is 4. The molecule has 1 atom stereocenters. The van der Waals surface area contributed by atoms with Crippen LogP contribution in [0.5, 0.6) is 5.75 Å². The van der Waals surface area contributed by atoms with Gasteiger partial charge in [-0.25, -0.2) is 12.8 Å². The molecule has 0 bridgehead atoms. The van der Waals surface area contributed by atoms with Gasteiger partial charge < -0.3 is 15.0 Å². The van der Waals surface area contributed by atoms with E-state index in [1.165, 1.54) is 13.1 Å². The number of pyridine rings is 1. The molecule has 2 aliphatic heterocycles. The van der Waals surface area contributed by atoms with Gasteiger partial charge in [-0.15, -0.1) is 0 Å². The summed E-state index contributed by atoms with van der Waals surface area (Å²) in [4.78, 5) is 19.9. The second kappa shape index (κ2) is 9.11. The van der Waals surface area contributed by atoms with E-state index in [1.807, 2.05) is 10.7 Å². The maximum absolute atomic E-state index is 13.4. The molecule has 2 aliphatic rings. The molecule has 0 saturated carbocycles. The fourth-order valence-corrected chi connectivity index (χ4v) is 7.11. The largest absolute Gasteiger partial charge is 0.461 e. The molecule has 11 heteroatoms. The first-order chi connectivity index (χ1) is 17.0. The minimum absolute atomic E-state index is 0.0744. The van der Waals surface area contributed by atoms with Crippen molar-refractivity contribution < 1.29 is 22.3 Å². The zero-order valence-corrected chi connectivity index (χ0v) is 21.4. The number of carbonyl (C=O) groups excluding carboxylic acids is 1. The van der Waals surface area contributed by atoms with E-state index in [0.29, 0.717) is 22.5 Å². The van der Waals surface area contributed by atoms with Crippen molar-refractivity contribution >= 4 is 26.8 Å². The second-order valence-corrected chi connectivity index (χ2v) is 12.2. The lowest BCUT2D eigenvalue weighted by Gasteiger charge is -2.38. The molecular formula is C25H30FN5O4S. The molecule has 1 aromatic carbocycles. The van der Waals surface area contributed by atoms with Crippen LogP contribution in [0.15, 0.2) is 36.5 Å². The number of nitrogens with one attached hydrogen (secondary N) is 1. The summed E-state index contributed by atoms with van der Waals surface area (Å²) in [5.41, 5.74) is 2.29.